The number of carbonyl (C=O) groups excluding carboxylic acids is 1. The van der Waals surface area contributed by atoms with Gasteiger partial charge in [0, 0.05) is 42.3 Å². The summed E-state index contributed by atoms with van der Waals surface area (Å²) in [6, 6.07) is 3.32. The average molecular weight is 466 g/mol. The first-order valence-electron chi connectivity index (χ1n) is 10.2. The standard InChI is InChI=1S/C22H19F5N4O2/c1-10-13(22(25,26)27)8-12(18(30-10)11-2-5-21(23,24)6-3-11)15-9-16(32)17-14(31-15)4-7-29-19(17)20(28)33/h4,7-9,11H,2-3,5-6H2,1H3,(H2,28,33)(H,31,32). The van der Waals surface area contributed by atoms with Crippen LogP contribution in [0.1, 0.15) is 59.0 Å². The molecule has 1 aliphatic rings. The van der Waals surface area contributed by atoms with E-state index in [0.717, 1.165) is 12.1 Å². The van der Waals surface area contributed by atoms with Gasteiger partial charge in [-0.3, -0.25) is 19.6 Å². The second-order valence-corrected chi connectivity index (χ2v) is 8.18. The molecule has 0 spiro atoms. The highest BCUT2D eigenvalue weighted by molar-refractivity contribution is 6.03. The molecule has 1 fully saturated rings. The second-order valence-electron chi connectivity index (χ2n) is 8.18. The maximum Gasteiger partial charge on any atom is 0.418 e. The smallest absolute Gasteiger partial charge is 0.364 e. The van der Waals surface area contributed by atoms with Crippen molar-refractivity contribution >= 4 is 16.8 Å². The molecule has 11 heteroatoms. The van der Waals surface area contributed by atoms with E-state index >= 15 is 0 Å². The monoisotopic (exact) mass is 466 g/mol. The number of fused-ring (bicyclic) bond motifs is 1. The number of hydrogen-bond donors (Lipinski definition) is 2. The molecule has 0 atom stereocenters. The number of aryl methyl sites for hydroxylation is 1. The zero-order valence-electron chi connectivity index (χ0n) is 17.4. The molecule has 33 heavy (non-hydrogen) atoms. The van der Waals surface area contributed by atoms with E-state index in [1.54, 1.807) is 0 Å². The lowest BCUT2D eigenvalue weighted by Crippen LogP contribution is -2.25. The molecule has 0 saturated heterocycles. The number of pyridine rings is 3. The van der Waals surface area contributed by atoms with E-state index < -0.39 is 47.8 Å². The van der Waals surface area contributed by atoms with Crippen LogP contribution in [0.2, 0.25) is 0 Å². The van der Waals surface area contributed by atoms with E-state index in [4.69, 9.17) is 5.73 Å². The number of H-pyrrole nitrogens is 1. The molecular formula is C22H19F5N4O2. The van der Waals surface area contributed by atoms with Gasteiger partial charge < -0.3 is 10.7 Å². The first-order valence-corrected chi connectivity index (χ1v) is 10.2. The van der Waals surface area contributed by atoms with Crippen LogP contribution in [0.15, 0.2) is 29.2 Å². The third kappa shape index (κ3) is 4.31. The molecule has 3 aromatic rings. The highest BCUT2D eigenvalue weighted by Crippen LogP contribution is 2.44. The Morgan fingerprint density at radius 1 is 1.21 bits per heavy atom. The van der Waals surface area contributed by atoms with Gasteiger partial charge in [-0.1, -0.05) is 0 Å². The highest BCUT2D eigenvalue weighted by atomic mass is 19.4. The summed E-state index contributed by atoms with van der Waals surface area (Å²) in [4.78, 5) is 35.3. The number of hydrogen-bond acceptors (Lipinski definition) is 4. The van der Waals surface area contributed by atoms with Gasteiger partial charge in [-0.2, -0.15) is 13.2 Å². The maximum absolute atomic E-state index is 13.7. The van der Waals surface area contributed by atoms with Crippen LogP contribution >= 0.6 is 0 Å². The van der Waals surface area contributed by atoms with Crippen LogP contribution in [0.25, 0.3) is 22.2 Å². The third-order valence-electron chi connectivity index (χ3n) is 5.92. The van der Waals surface area contributed by atoms with Crippen molar-refractivity contribution in [3.63, 3.8) is 0 Å². The number of halogens is 5. The van der Waals surface area contributed by atoms with Crippen LogP contribution < -0.4 is 11.2 Å². The molecule has 3 heterocycles. The van der Waals surface area contributed by atoms with Gasteiger partial charge in [0.2, 0.25) is 5.92 Å². The lowest BCUT2D eigenvalue weighted by atomic mass is 9.82. The summed E-state index contributed by atoms with van der Waals surface area (Å²) >= 11 is 0. The van der Waals surface area contributed by atoms with Crippen LogP contribution in [-0.2, 0) is 6.18 Å². The summed E-state index contributed by atoms with van der Waals surface area (Å²) < 4.78 is 68.2. The number of carbonyl (C=O) groups is 1. The summed E-state index contributed by atoms with van der Waals surface area (Å²) in [5.41, 5.74) is 3.46. The van der Waals surface area contributed by atoms with Gasteiger partial charge in [-0.15, -0.1) is 0 Å². The average Bonchev–Trinajstić information content (AvgIpc) is 2.72. The molecule has 1 aliphatic carbocycles. The lowest BCUT2D eigenvalue weighted by Gasteiger charge is -2.29. The number of rotatable bonds is 3. The van der Waals surface area contributed by atoms with Crippen molar-refractivity contribution in [2.45, 2.75) is 50.6 Å². The van der Waals surface area contributed by atoms with Crippen LogP contribution in [0.5, 0.6) is 0 Å². The van der Waals surface area contributed by atoms with Crippen molar-refractivity contribution < 1.29 is 26.7 Å². The molecular weight excluding hydrogens is 447 g/mol. The Bertz CT molecular complexity index is 1310. The quantitative estimate of drug-likeness (QED) is 0.546. The van der Waals surface area contributed by atoms with Crippen molar-refractivity contribution in [3.8, 4) is 11.3 Å². The van der Waals surface area contributed by atoms with E-state index in [2.05, 4.69) is 15.0 Å². The van der Waals surface area contributed by atoms with Gasteiger partial charge in [0.25, 0.3) is 5.91 Å². The van der Waals surface area contributed by atoms with E-state index in [9.17, 15) is 31.5 Å². The van der Waals surface area contributed by atoms with Crippen molar-refractivity contribution in [2.75, 3.05) is 0 Å². The van der Waals surface area contributed by atoms with Crippen LogP contribution in [0, 0.1) is 6.92 Å². The van der Waals surface area contributed by atoms with Crippen LogP contribution in [0.4, 0.5) is 22.0 Å². The van der Waals surface area contributed by atoms with Gasteiger partial charge in [-0.25, -0.2) is 8.78 Å². The Labute approximate surface area is 184 Å². The summed E-state index contributed by atoms with van der Waals surface area (Å²) in [6.45, 7) is 1.21. The molecule has 0 unspecified atom stereocenters. The Hall–Kier alpha value is -3.37. The molecule has 0 radical (unpaired) electrons. The third-order valence-corrected chi connectivity index (χ3v) is 5.92. The molecule has 0 aliphatic heterocycles. The maximum atomic E-state index is 13.7. The predicted molar refractivity (Wildman–Crippen MR) is 110 cm³/mol. The molecule has 3 N–H and O–H groups in total. The fourth-order valence-corrected chi connectivity index (χ4v) is 4.28. The molecule has 0 bridgehead atoms. The van der Waals surface area contributed by atoms with Gasteiger partial charge in [0.15, 0.2) is 5.43 Å². The number of nitrogens with two attached hydrogens (primary N) is 1. The number of primary amides is 1. The van der Waals surface area contributed by atoms with E-state index in [-0.39, 0.29) is 52.1 Å². The topological polar surface area (TPSA) is 102 Å². The molecule has 3 aromatic heterocycles. The zero-order chi connectivity index (χ0) is 24.1. The largest absolute Gasteiger partial charge is 0.418 e. The fraction of sp³-hybridized carbons (Fsp3) is 0.364. The number of nitrogens with zero attached hydrogens (tertiary/aromatic N) is 2. The van der Waals surface area contributed by atoms with Crippen molar-refractivity contribution in [3.05, 3.63) is 57.3 Å². The highest BCUT2D eigenvalue weighted by Gasteiger charge is 2.39. The molecule has 174 valence electrons. The van der Waals surface area contributed by atoms with Gasteiger partial charge in [0.05, 0.1) is 27.9 Å². The van der Waals surface area contributed by atoms with Gasteiger partial charge in [-0.05, 0) is 31.9 Å². The van der Waals surface area contributed by atoms with Crippen molar-refractivity contribution in [1.29, 1.82) is 0 Å². The normalized spacial score (nSPS) is 16.8. The first-order chi connectivity index (χ1) is 15.4. The minimum absolute atomic E-state index is 0.000390. The Kier molecular flexibility index (Phi) is 5.45. The number of alkyl halides is 5. The summed E-state index contributed by atoms with van der Waals surface area (Å²) in [7, 11) is 0. The molecule has 4 rings (SSSR count). The van der Waals surface area contributed by atoms with E-state index in [1.807, 2.05) is 0 Å². The van der Waals surface area contributed by atoms with Crippen LogP contribution in [-0.4, -0.2) is 26.8 Å². The van der Waals surface area contributed by atoms with Gasteiger partial charge in [0.1, 0.15) is 5.69 Å². The van der Waals surface area contributed by atoms with E-state index in [0.29, 0.717) is 0 Å². The Morgan fingerprint density at radius 2 is 1.88 bits per heavy atom. The summed E-state index contributed by atoms with van der Waals surface area (Å²) in [6.07, 6.45) is -4.18. The van der Waals surface area contributed by atoms with Crippen molar-refractivity contribution in [1.82, 2.24) is 15.0 Å². The number of aromatic amines is 1. The molecule has 0 aromatic carbocycles. The SMILES string of the molecule is Cc1nc(C2CCC(F)(F)CC2)c(-c2cc(=O)c3c(C(N)=O)nccc3[nH]2)cc1C(F)(F)F. The minimum Gasteiger partial charge on any atom is -0.364 e. The molecule has 1 saturated carbocycles. The number of aromatic nitrogens is 3. The Morgan fingerprint density at radius 3 is 2.48 bits per heavy atom. The summed E-state index contributed by atoms with van der Waals surface area (Å²) in [5.74, 6) is -4.26. The fourth-order valence-electron chi connectivity index (χ4n) is 4.28. The van der Waals surface area contributed by atoms with E-state index in [1.165, 1.54) is 19.2 Å². The predicted octanol–water partition coefficient (Wildman–Crippen LogP) is 4.70. The lowest BCUT2D eigenvalue weighted by molar-refractivity contribution is -0.138. The zero-order valence-corrected chi connectivity index (χ0v) is 17.4. The molecule has 6 nitrogen and oxygen atoms in total. The van der Waals surface area contributed by atoms with Crippen molar-refractivity contribution in [2.24, 2.45) is 5.73 Å². The minimum atomic E-state index is -4.70. The first kappa shape index (κ1) is 22.8. The Balaban J connectivity index is 1.94. The van der Waals surface area contributed by atoms with Gasteiger partial charge >= 0.3 is 6.18 Å². The summed E-state index contributed by atoms with van der Waals surface area (Å²) in [5, 5.41) is -0.0938. The number of amides is 1. The number of nitrogens with one attached hydrogen (secondary N) is 1. The second kappa shape index (κ2) is 7.89. The molecule has 1 amide bonds. The van der Waals surface area contributed by atoms with Crippen LogP contribution in [0.3, 0.4) is 0 Å².